The zero-order valence-corrected chi connectivity index (χ0v) is 10.2. The van der Waals surface area contributed by atoms with Gasteiger partial charge in [0.25, 0.3) is 0 Å². The molecule has 0 saturated carbocycles. The second-order valence-electron chi connectivity index (χ2n) is 4.57. The molecule has 1 unspecified atom stereocenters. The molecule has 4 nitrogen and oxygen atoms in total. The van der Waals surface area contributed by atoms with Crippen molar-refractivity contribution in [1.29, 1.82) is 0 Å². The first-order valence-electron chi connectivity index (χ1n) is 6.03. The molecule has 1 atom stereocenters. The number of hydrogen-bond donors (Lipinski definition) is 1. The number of methoxy groups -OCH3 is 1. The van der Waals surface area contributed by atoms with Crippen molar-refractivity contribution in [1.82, 2.24) is 14.7 Å². The minimum Gasteiger partial charge on any atom is -0.495 e. The van der Waals surface area contributed by atoms with Crippen LogP contribution in [0.25, 0.3) is 5.65 Å². The fourth-order valence-electron chi connectivity index (χ4n) is 2.56. The van der Waals surface area contributed by atoms with Crippen molar-refractivity contribution in [2.45, 2.75) is 19.3 Å². The van der Waals surface area contributed by atoms with Gasteiger partial charge in [0.1, 0.15) is 11.4 Å². The highest BCUT2D eigenvalue weighted by Gasteiger charge is 2.22. The Morgan fingerprint density at radius 3 is 3.06 bits per heavy atom. The molecule has 0 radical (unpaired) electrons. The lowest BCUT2D eigenvalue weighted by atomic mass is 10.0. The van der Waals surface area contributed by atoms with Crippen molar-refractivity contribution in [3.63, 3.8) is 0 Å². The summed E-state index contributed by atoms with van der Waals surface area (Å²) in [7, 11) is 1.69. The predicted octanol–water partition coefficient (Wildman–Crippen LogP) is 1.73. The smallest absolute Gasteiger partial charge is 0.137 e. The van der Waals surface area contributed by atoms with Gasteiger partial charge in [0.05, 0.1) is 19.0 Å². The van der Waals surface area contributed by atoms with Crippen LogP contribution in [-0.4, -0.2) is 29.6 Å². The highest BCUT2D eigenvalue weighted by Crippen LogP contribution is 2.26. The molecule has 0 spiro atoms. The molecule has 4 heteroatoms. The summed E-state index contributed by atoms with van der Waals surface area (Å²) < 4.78 is 7.37. The van der Waals surface area contributed by atoms with Crippen LogP contribution in [-0.2, 0) is 0 Å². The Morgan fingerprint density at radius 2 is 2.35 bits per heavy atom. The van der Waals surface area contributed by atoms with Crippen LogP contribution in [0.15, 0.2) is 18.3 Å². The molecule has 1 aliphatic heterocycles. The Morgan fingerprint density at radius 1 is 1.47 bits per heavy atom. The zero-order valence-electron chi connectivity index (χ0n) is 10.2. The number of aromatic nitrogens is 2. The first-order valence-corrected chi connectivity index (χ1v) is 6.03. The summed E-state index contributed by atoms with van der Waals surface area (Å²) in [6.07, 6.45) is 3.19. The van der Waals surface area contributed by atoms with Crippen molar-refractivity contribution in [3.8, 4) is 5.75 Å². The molecule has 0 amide bonds. The molecular formula is C13H17N3O. The van der Waals surface area contributed by atoms with Gasteiger partial charge in [-0.3, -0.25) is 0 Å². The van der Waals surface area contributed by atoms with Crippen molar-refractivity contribution in [2.75, 3.05) is 20.2 Å². The fourth-order valence-corrected chi connectivity index (χ4v) is 2.56. The summed E-state index contributed by atoms with van der Waals surface area (Å²) in [6.45, 7) is 4.27. The number of imidazole rings is 1. The van der Waals surface area contributed by atoms with Crippen LogP contribution in [0.4, 0.5) is 0 Å². The molecule has 3 rings (SSSR count). The molecule has 1 saturated heterocycles. The molecule has 2 aromatic rings. The third kappa shape index (κ3) is 1.69. The standard InChI is InChI=1S/C13H17N3O/c1-9-13(10-5-6-14-7-10)15-12-4-3-11(17-2)8-16(9)12/h3-4,8,10,14H,5-7H2,1-2H3. The summed E-state index contributed by atoms with van der Waals surface area (Å²) in [4.78, 5) is 4.74. The van der Waals surface area contributed by atoms with Gasteiger partial charge in [0.15, 0.2) is 0 Å². The van der Waals surface area contributed by atoms with Crippen LogP contribution < -0.4 is 10.1 Å². The van der Waals surface area contributed by atoms with Crippen LogP contribution in [0, 0.1) is 6.92 Å². The van der Waals surface area contributed by atoms with Crippen LogP contribution >= 0.6 is 0 Å². The largest absolute Gasteiger partial charge is 0.495 e. The van der Waals surface area contributed by atoms with E-state index in [-0.39, 0.29) is 0 Å². The highest BCUT2D eigenvalue weighted by molar-refractivity contribution is 5.46. The number of hydrogen-bond acceptors (Lipinski definition) is 3. The monoisotopic (exact) mass is 231 g/mol. The Labute approximate surface area is 101 Å². The summed E-state index contributed by atoms with van der Waals surface area (Å²) in [5, 5.41) is 3.39. The molecule has 3 heterocycles. The zero-order chi connectivity index (χ0) is 11.8. The lowest BCUT2D eigenvalue weighted by Gasteiger charge is -2.05. The maximum absolute atomic E-state index is 5.25. The van der Waals surface area contributed by atoms with Gasteiger partial charge in [0.2, 0.25) is 0 Å². The van der Waals surface area contributed by atoms with Gasteiger partial charge in [-0.2, -0.15) is 0 Å². The van der Waals surface area contributed by atoms with E-state index in [2.05, 4.69) is 16.6 Å². The fraction of sp³-hybridized carbons (Fsp3) is 0.462. The second kappa shape index (κ2) is 4.04. The van der Waals surface area contributed by atoms with Gasteiger partial charge in [-0.15, -0.1) is 0 Å². The van der Waals surface area contributed by atoms with Gasteiger partial charge >= 0.3 is 0 Å². The lowest BCUT2D eigenvalue weighted by Crippen LogP contribution is -2.08. The number of nitrogens with zero attached hydrogens (tertiary/aromatic N) is 2. The Hall–Kier alpha value is -1.55. The van der Waals surface area contributed by atoms with Crippen molar-refractivity contribution in [3.05, 3.63) is 29.7 Å². The molecule has 17 heavy (non-hydrogen) atoms. The molecule has 90 valence electrons. The molecular weight excluding hydrogens is 214 g/mol. The minimum atomic E-state index is 0.556. The van der Waals surface area contributed by atoms with Gasteiger partial charge in [0, 0.05) is 18.2 Å². The van der Waals surface area contributed by atoms with Gasteiger partial charge in [-0.05, 0) is 32.0 Å². The third-order valence-corrected chi connectivity index (χ3v) is 3.55. The van der Waals surface area contributed by atoms with E-state index in [0.717, 1.165) is 24.5 Å². The number of fused-ring (bicyclic) bond motifs is 1. The summed E-state index contributed by atoms with van der Waals surface area (Å²) >= 11 is 0. The van der Waals surface area contributed by atoms with Gasteiger partial charge in [-0.1, -0.05) is 0 Å². The number of ether oxygens (including phenoxy) is 1. The average molecular weight is 231 g/mol. The summed E-state index contributed by atoms with van der Waals surface area (Å²) in [6, 6.07) is 3.97. The van der Waals surface area contributed by atoms with Gasteiger partial charge < -0.3 is 14.5 Å². The molecule has 1 N–H and O–H groups in total. The molecule has 0 aliphatic carbocycles. The topological polar surface area (TPSA) is 38.6 Å². The third-order valence-electron chi connectivity index (χ3n) is 3.55. The normalized spacial score (nSPS) is 20.0. The minimum absolute atomic E-state index is 0.556. The molecule has 1 fully saturated rings. The first-order chi connectivity index (χ1) is 8.29. The summed E-state index contributed by atoms with van der Waals surface area (Å²) in [5.74, 6) is 1.43. The Balaban J connectivity index is 2.11. The maximum atomic E-state index is 5.25. The lowest BCUT2D eigenvalue weighted by molar-refractivity contribution is 0.412. The summed E-state index contributed by atoms with van der Waals surface area (Å²) in [5.41, 5.74) is 3.46. The second-order valence-corrected chi connectivity index (χ2v) is 4.57. The highest BCUT2D eigenvalue weighted by atomic mass is 16.5. The van der Waals surface area contributed by atoms with Crippen molar-refractivity contribution >= 4 is 5.65 Å². The number of pyridine rings is 1. The maximum Gasteiger partial charge on any atom is 0.137 e. The van der Waals surface area contributed by atoms with E-state index in [9.17, 15) is 0 Å². The Bertz CT molecular complexity index is 541. The Kier molecular flexibility index (Phi) is 2.52. The quantitative estimate of drug-likeness (QED) is 0.855. The number of aryl methyl sites for hydroxylation is 1. The van der Waals surface area contributed by atoms with Crippen LogP contribution in [0.5, 0.6) is 5.75 Å². The van der Waals surface area contributed by atoms with Crippen molar-refractivity contribution < 1.29 is 4.74 Å². The molecule has 1 aliphatic rings. The predicted molar refractivity (Wildman–Crippen MR) is 66.7 cm³/mol. The molecule has 0 aromatic carbocycles. The van der Waals surface area contributed by atoms with E-state index < -0.39 is 0 Å². The van der Waals surface area contributed by atoms with E-state index in [1.807, 2.05) is 18.3 Å². The average Bonchev–Trinajstić information content (AvgIpc) is 2.97. The molecule has 0 bridgehead atoms. The van der Waals surface area contributed by atoms with E-state index in [0.29, 0.717) is 5.92 Å². The van der Waals surface area contributed by atoms with E-state index in [1.165, 1.54) is 17.8 Å². The number of nitrogens with one attached hydrogen (secondary N) is 1. The van der Waals surface area contributed by atoms with Gasteiger partial charge in [-0.25, -0.2) is 4.98 Å². The first kappa shape index (κ1) is 10.6. The van der Waals surface area contributed by atoms with E-state index in [4.69, 9.17) is 9.72 Å². The van der Waals surface area contributed by atoms with Crippen LogP contribution in [0.1, 0.15) is 23.7 Å². The van der Waals surface area contributed by atoms with Crippen LogP contribution in [0.3, 0.4) is 0 Å². The molecule has 2 aromatic heterocycles. The van der Waals surface area contributed by atoms with Crippen molar-refractivity contribution in [2.24, 2.45) is 0 Å². The van der Waals surface area contributed by atoms with Crippen LogP contribution in [0.2, 0.25) is 0 Å². The van der Waals surface area contributed by atoms with E-state index in [1.54, 1.807) is 7.11 Å². The van der Waals surface area contributed by atoms with E-state index >= 15 is 0 Å². The SMILES string of the molecule is COc1ccc2nc(C3CCNC3)c(C)n2c1. The number of rotatable bonds is 2.